The molecule has 0 aliphatic rings. The molecule has 5 aromatic rings. The lowest BCUT2D eigenvalue weighted by Gasteiger charge is -2.05. The number of carbonyl (C=O) groups is 1. The Morgan fingerprint density at radius 1 is 1.00 bits per heavy atom. The molecule has 1 amide bonds. The summed E-state index contributed by atoms with van der Waals surface area (Å²) in [4.78, 5) is 20.2. The van der Waals surface area contributed by atoms with E-state index in [-0.39, 0.29) is 15.9 Å². The van der Waals surface area contributed by atoms with E-state index < -0.39 is 10.0 Å². The summed E-state index contributed by atoms with van der Waals surface area (Å²) in [6, 6.07) is 18.4. The summed E-state index contributed by atoms with van der Waals surface area (Å²) in [5.74, 6) is -0.265. The van der Waals surface area contributed by atoms with E-state index in [0.717, 1.165) is 22.2 Å². The highest BCUT2D eigenvalue weighted by atomic mass is 35.5. The van der Waals surface area contributed by atoms with Crippen LogP contribution in [-0.2, 0) is 10.0 Å². The van der Waals surface area contributed by atoms with Gasteiger partial charge in [-0.3, -0.25) is 9.52 Å². The third kappa shape index (κ3) is 4.05. The molecule has 0 saturated carbocycles. The predicted octanol–water partition coefficient (Wildman–Crippen LogP) is 5.48. The summed E-state index contributed by atoms with van der Waals surface area (Å²) < 4.78 is 28.3. The van der Waals surface area contributed by atoms with Gasteiger partial charge in [-0.1, -0.05) is 22.9 Å². The van der Waals surface area contributed by atoms with Crippen molar-refractivity contribution in [2.75, 3.05) is 10.0 Å². The van der Waals surface area contributed by atoms with Crippen molar-refractivity contribution < 1.29 is 13.2 Å². The number of nitrogens with zero attached hydrogens (tertiary/aromatic N) is 1. The number of anilines is 2. The summed E-state index contributed by atoms with van der Waals surface area (Å²) in [6.07, 6.45) is 1.84. The van der Waals surface area contributed by atoms with Gasteiger partial charge in [-0.2, -0.15) is 0 Å². The Bertz CT molecular complexity index is 1570. The molecule has 0 aliphatic heterocycles. The van der Waals surface area contributed by atoms with Gasteiger partial charge in [-0.25, -0.2) is 13.4 Å². The van der Waals surface area contributed by atoms with Crippen molar-refractivity contribution in [3.63, 3.8) is 0 Å². The average Bonchev–Trinajstić information content (AvgIpc) is 3.38. The molecule has 0 spiro atoms. The first-order valence-corrected chi connectivity index (χ1v) is 12.1. The number of hydrogen-bond acceptors (Lipinski definition) is 5. The van der Waals surface area contributed by atoms with Gasteiger partial charge in [-0.05, 0) is 66.7 Å². The monoisotopic (exact) mass is 482 g/mol. The van der Waals surface area contributed by atoms with Crippen LogP contribution in [0.5, 0.6) is 0 Å². The Balaban J connectivity index is 1.37. The van der Waals surface area contributed by atoms with E-state index >= 15 is 0 Å². The SMILES string of the molecule is O=C(Nc1ccc2[nH]ccc2c1)c1ccc2nc(NS(=O)(=O)c3ccc(Cl)cc3)sc2c1. The van der Waals surface area contributed by atoms with Crippen LogP contribution in [0.15, 0.2) is 77.8 Å². The van der Waals surface area contributed by atoms with Gasteiger partial charge in [0.15, 0.2) is 5.13 Å². The normalized spacial score (nSPS) is 11.7. The number of rotatable bonds is 5. The third-order valence-electron chi connectivity index (χ3n) is 4.81. The second kappa shape index (κ2) is 7.94. The zero-order chi connectivity index (χ0) is 22.3. The van der Waals surface area contributed by atoms with Crippen LogP contribution in [0, 0.1) is 0 Å². The van der Waals surface area contributed by atoms with Gasteiger partial charge in [0.2, 0.25) is 0 Å². The van der Waals surface area contributed by atoms with Gasteiger partial charge < -0.3 is 10.3 Å². The molecule has 0 aliphatic carbocycles. The molecule has 0 radical (unpaired) electrons. The van der Waals surface area contributed by atoms with Crippen LogP contribution in [0.1, 0.15) is 10.4 Å². The minimum atomic E-state index is -3.80. The van der Waals surface area contributed by atoms with Gasteiger partial charge in [0.05, 0.1) is 15.1 Å². The molecule has 0 unspecified atom stereocenters. The molecule has 3 aromatic carbocycles. The molecular formula is C22H15ClN4O3S2. The molecule has 5 rings (SSSR count). The number of hydrogen-bond donors (Lipinski definition) is 3. The van der Waals surface area contributed by atoms with Crippen molar-refractivity contribution in [2.45, 2.75) is 4.90 Å². The zero-order valence-electron chi connectivity index (χ0n) is 16.3. The van der Waals surface area contributed by atoms with Crippen molar-refractivity contribution in [2.24, 2.45) is 0 Å². The molecule has 2 aromatic heterocycles. The molecule has 32 heavy (non-hydrogen) atoms. The molecule has 0 atom stereocenters. The minimum absolute atomic E-state index is 0.0839. The fourth-order valence-corrected chi connectivity index (χ4v) is 5.50. The number of aromatic nitrogens is 2. The minimum Gasteiger partial charge on any atom is -0.361 e. The van der Waals surface area contributed by atoms with Crippen LogP contribution in [0.4, 0.5) is 10.8 Å². The van der Waals surface area contributed by atoms with Crippen molar-refractivity contribution in [3.05, 3.63) is 83.5 Å². The van der Waals surface area contributed by atoms with Gasteiger partial charge in [0, 0.05) is 33.4 Å². The summed E-state index contributed by atoms with van der Waals surface area (Å²) in [7, 11) is -3.80. The highest BCUT2D eigenvalue weighted by Gasteiger charge is 2.17. The number of thiazole rings is 1. The lowest BCUT2D eigenvalue weighted by molar-refractivity contribution is 0.102. The largest absolute Gasteiger partial charge is 0.361 e. The molecule has 0 saturated heterocycles. The lowest BCUT2D eigenvalue weighted by atomic mass is 10.2. The fourth-order valence-electron chi connectivity index (χ4n) is 3.23. The number of benzene rings is 3. The second-order valence-electron chi connectivity index (χ2n) is 6.99. The number of amides is 1. The first-order valence-electron chi connectivity index (χ1n) is 9.45. The number of fused-ring (bicyclic) bond motifs is 2. The summed E-state index contributed by atoms with van der Waals surface area (Å²) in [5.41, 5.74) is 2.71. The molecular weight excluding hydrogens is 468 g/mol. The number of nitrogens with one attached hydrogen (secondary N) is 3. The molecule has 160 valence electrons. The first kappa shape index (κ1) is 20.5. The molecule has 3 N–H and O–H groups in total. The summed E-state index contributed by atoms with van der Waals surface area (Å²) >= 11 is 6.98. The van der Waals surface area contributed by atoms with Crippen LogP contribution in [0.3, 0.4) is 0 Å². The van der Waals surface area contributed by atoms with Gasteiger partial charge in [-0.15, -0.1) is 0 Å². The second-order valence-corrected chi connectivity index (χ2v) is 10.1. The van der Waals surface area contributed by atoms with Crippen LogP contribution < -0.4 is 10.0 Å². The zero-order valence-corrected chi connectivity index (χ0v) is 18.7. The maximum absolute atomic E-state index is 12.7. The van der Waals surface area contributed by atoms with Gasteiger partial charge >= 0.3 is 0 Å². The van der Waals surface area contributed by atoms with Gasteiger partial charge in [0.1, 0.15) is 0 Å². The van der Waals surface area contributed by atoms with E-state index in [1.807, 2.05) is 30.5 Å². The van der Waals surface area contributed by atoms with Crippen LogP contribution in [-0.4, -0.2) is 24.3 Å². The predicted molar refractivity (Wildman–Crippen MR) is 128 cm³/mol. The van der Waals surface area contributed by atoms with Gasteiger partial charge in [0.25, 0.3) is 15.9 Å². The van der Waals surface area contributed by atoms with Crippen molar-refractivity contribution >= 4 is 70.8 Å². The van der Waals surface area contributed by atoms with E-state index in [9.17, 15) is 13.2 Å². The molecule has 0 fully saturated rings. The standard InChI is InChI=1S/C22H15ClN4O3S2/c23-15-2-5-17(6-3-15)32(29,30)27-22-26-19-7-1-14(12-20(19)31-22)21(28)25-16-4-8-18-13(11-16)9-10-24-18/h1-12,24H,(H,25,28)(H,26,27). The first-order chi connectivity index (χ1) is 15.4. The fraction of sp³-hybridized carbons (Fsp3) is 0. The van der Waals surface area contributed by atoms with Crippen molar-refractivity contribution in [1.29, 1.82) is 0 Å². The highest BCUT2D eigenvalue weighted by molar-refractivity contribution is 7.93. The van der Waals surface area contributed by atoms with Crippen LogP contribution >= 0.6 is 22.9 Å². The van der Waals surface area contributed by atoms with Crippen molar-refractivity contribution in [3.8, 4) is 0 Å². The molecule has 10 heteroatoms. The quantitative estimate of drug-likeness (QED) is 0.308. The van der Waals surface area contributed by atoms with E-state index in [1.54, 1.807) is 18.2 Å². The Morgan fingerprint density at radius 3 is 2.62 bits per heavy atom. The molecule has 2 heterocycles. The number of aromatic amines is 1. The average molecular weight is 483 g/mol. The highest BCUT2D eigenvalue weighted by Crippen LogP contribution is 2.29. The van der Waals surface area contributed by atoms with Crippen LogP contribution in [0.2, 0.25) is 5.02 Å². The Morgan fingerprint density at radius 2 is 1.81 bits per heavy atom. The smallest absolute Gasteiger partial charge is 0.263 e. The van der Waals surface area contributed by atoms with E-state index in [0.29, 0.717) is 26.5 Å². The maximum atomic E-state index is 12.7. The Hall–Kier alpha value is -3.40. The Labute approximate surface area is 192 Å². The number of carbonyl (C=O) groups excluding carboxylic acids is 1. The molecule has 7 nitrogen and oxygen atoms in total. The summed E-state index contributed by atoms with van der Waals surface area (Å²) in [6.45, 7) is 0. The number of sulfonamides is 1. The molecule has 0 bridgehead atoms. The third-order valence-corrected chi connectivity index (χ3v) is 7.48. The maximum Gasteiger partial charge on any atom is 0.263 e. The summed E-state index contributed by atoms with van der Waals surface area (Å²) in [5, 5.41) is 4.54. The lowest BCUT2D eigenvalue weighted by Crippen LogP contribution is -2.12. The Kier molecular flexibility index (Phi) is 5.09. The number of H-pyrrole nitrogens is 1. The van der Waals surface area contributed by atoms with Crippen molar-refractivity contribution in [1.82, 2.24) is 9.97 Å². The number of halogens is 1. The topological polar surface area (TPSA) is 104 Å². The van der Waals surface area contributed by atoms with E-state index in [2.05, 4.69) is 20.0 Å². The van der Waals surface area contributed by atoms with E-state index in [1.165, 1.54) is 24.3 Å². The van der Waals surface area contributed by atoms with E-state index in [4.69, 9.17) is 11.6 Å². The van der Waals surface area contributed by atoms with Crippen LogP contribution in [0.25, 0.3) is 21.1 Å².